The Balaban J connectivity index is 1.88. The molecule has 98 valence electrons. The monoisotopic (exact) mass is 249 g/mol. The Morgan fingerprint density at radius 2 is 2.17 bits per heavy atom. The van der Waals surface area contributed by atoms with Crippen LogP contribution in [0.1, 0.15) is 18.4 Å². The van der Waals surface area contributed by atoms with Crippen LogP contribution in [0.4, 0.5) is 0 Å². The van der Waals surface area contributed by atoms with Gasteiger partial charge in [0.15, 0.2) is 0 Å². The van der Waals surface area contributed by atoms with Gasteiger partial charge in [-0.25, -0.2) is 0 Å². The first kappa shape index (κ1) is 12.9. The molecule has 0 radical (unpaired) electrons. The molecule has 4 nitrogen and oxygen atoms in total. The number of nitrogens with zero attached hydrogens (tertiary/aromatic N) is 1. The van der Waals surface area contributed by atoms with Gasteiger partial charge in [0.1, 0.15) is 11.8 Å². The van der Waals surface area contributed by atoms with E-state index in [1.54, 1.807) is 7.11 Å². The van der Waals surface area contributed by atoms with Crippen molar-refractivity contribution in [2.24, 2.45) is 0 Å². The third-order valence-electron chi connectivity index (χ3n) is 3.50. The summed E-state index contributed by atoms with van der Waals surface area (Å²) in [6, 6.07) is 7.65. The summed E-state index contributed by atoms with van der Waals surface area (Å²) in [5.41, 5.74) is 1.21. The average Bonchev–Trinajstić information content (AvgIpc) is 2.85. The van der Waals surface area contributed by atoms with Gasteiger partial charge in [0.25, 0.3) is 0 Å². The number of carboxylic acid groups (broad SMARTS) is 1. The number of hydrogen-bond donors (Lipinski definition) is 1. The Bertz CT molecular complexity index is 402. The first-order chi connectivity index (χ1) is 8.70. The molecular formula is C14H19NO3. The molecule has 1 atom stereocenters. The Labute approximate surface area is 107 Å². The maximum Gasteiger partial charge on any atom is 0.320 e. The van der Waals surface area contributed by atoms with Gasteiger partial charge in [0, 0.05) is 6.54 Å². The van der Waals surface area contributed by atoms with Crippen LogP contribution in [0, 0.1) is 0 Å². The highest BCUT2D eigenvalue weighted by molar-refractivity contribution is 5.73. The molecule has 0 aliphatic carbocycles. The highest BCUT2D eigenvalue weighted by Crippen LogP contribution is 2.18. The number of hydrogen-bond acceptors (Lipinski definition) is 3. The molecular weight excluding hydrogens is 230 g/mol. The van der Waals surface area contributed by atoms with Crippen LogP contribution in [0.15, 0.2) is 24.3 Å². The van der Waals surface area contributed by atoms with Crippen LogP contribution in [0.2, 0.25) is 0 Å². The highest BCUT2D eigenvalue weighted by atomic mass is 16.5. The van der Waals surface area contributed by atoms with Gasteiger partial charge in [0.2, 0.25) is 0 Å². The van der Waals surface area contributed by atoms with Crippen LogP contribution >= 0.6 is 0 Å². The van der Waals surface area contributed by atoms with Gasteiger partial charge in [-0.15, -0.1) is 0 Å². The van der Waals surface area contributed by atoms with Crippen molar-refractivity contribution in [3.63, 3.8) is 0 Å². The zero-order valence-electron chi connectivity index (χ0n) is 10.6. The van der Waals surface area contributed by atoms with Crippen molar-refractivity contribution in [1.29, 1.82) is 0 Å². The second-order valence-corrected chi connectivity index (χ2v) is 4.63. The van der Waals surface area contributed by atoms with Crippen molar-refractivity contribution in [2.75, 3.05) is 20.2 Å². The molecule has 1 aromatic carbocycles. The third-order valence-corrected chi connectivity index (χ3v) is 3.50. The minimum absolute atomic E-state index is 0.289. The van der Waals surface area contributed by atoms with E-state index in [2.05, 4.69) is 4.90 Å². The van der Waals surface area contributed by atoms with Crippen molar-refractivity contribution >= 4 is 5.97 Å². The summed E-state index contributed by atoms with van der Waals surface area (Å²) < 4.78 is 5.11. The predicted octanol–water partition coefficient (Wildman–Crippen LogP) is 1.79. The van der Waals surface area contributed by atoms with Gasteiger partial charge in [-0.2, -0.15) is 0 Å². The lowest BCUT2D eigenvalue weighted by atomic mass is 10.1. The molecule has 4 heteroatoms. The first-order valence-electron chi connectivity index (χ1n) is 6.30. The van der Waals surface area contributed by atoms with Gasteiger partial charge >= 0.3 is 5.97 Å². The number of carboxylic acids is 1. The smallest absolute Gasteiger partial charge is 0.320 e. The second kappa shape index (κ2) is 5.87. The lowest BCUT2D eigenvalue weighted by Crippen LogP contribution is -2.37. The lowest BCUT2D eigenvalue weighted by molar-refractivity contribution is -0.142. The first-order valence-corrected chi connectivity index (χ1v) is 6.30. The van der Waals surface area contributed by atoms with Crippen molar-refractivity contribution in [1.82, 2.24) is 4.90 Å². The number of carbonyl (C=O) groups is 1. The van der Waals surface area contributed by atoms with Crippen molar-refractivity contribution in [3.8, 4) is 5.75 Å². The quantitative estimate of drug-likeness (QED) is 0.864. The Morgan fingerprint density at radius 1 is 1.44 bits per heavy atom. The average molecular weight is 249 g/mol. The maximum atomic E-state index is 11.0. The molecule has 0 unspecified atom stereocenters. The Kier molecular flexibility index (Phi) is 4.20. The van der Waals surface area contributed by atoms with Crippen molar-refractivity contribution in [2.45, 2.75) is 25.3 Å². The molecule has 1 N–H and O–H groups in total. The Morgan fingerprint density at radius 3 is 2.78 bits per heavy atom. The summed E-state index contributed by atoms with van der Waals surface area (Å²) in [5.74, 6) is 0.158. The second-order valence-electron chi connectivity index (χ2n) is 4.63. The molecule has 1 heterocycles. The van der Waals surface area contributed by atoms with Crippen LogP contribution in [-0.2, 0) is 11.2 Å². The van der Waals surface area contributed by atoms with Crippen LogP contribution < -0.4 is 4.74 Å². The highest BCUT2D eigenvalue weighted by Gasteiger charge is 2.29. The molecule has 2 rings (SSSR count). The number of ether oxygens (including phenoxy) is 1. The molecule has 0 bridgehead atoms. The standard InChI is InChI=1S/C14H19NO3/c1-18-12-6-4-11(5-7-12)8-10-15-9-2-3-13(15)14(16)17/h4-7,13H,2-3,8-10H2,1H3,(H,16,17)/t13-/m0/s1. The summed E-state index contributed by atoms with van der Waals surface area (Å²) in [6.45, 7) is 1.70. The van der Waals surface area contributed by atoms with Gasteiger partial charge < -0.3 is 9.84 Å². The zero-order valence-corrected chi connectivity index (χ0v) is 10.6. The third kappa shape index (κ3) is 3.01. The van der Waals surface area contributed by atoms with Crippen LogP contribution in [0.5, 0.6) is 5.75 Å². The zero-order chi connectivity index (χ0) is 13.0. The van der Waals surface area contributed by atoms with Crippen molar-refractivity contribution in [3.05, 3.63) is 29.8 Å². The summed E-state index contributed by atoms with van der Waals surface area (Å²) >= 11 is 0. The topological polar surface area (TPSA) is 49.8 Å². The van der Waals surface area contributed by atoms with Gasteiger partial charge in [-0.1, -0.05) is 12.1 Å². The van der Waals surface area contributed by atoms with E-state index in [4.69, 9.17) is 9.84 Å². The molecule has 0 aromatic heterocycles. The van der Waals surface area contributed by atoms with E-state index >= 15 is 0 Å². The summed E-state index contributed by atoms with van der Waals surface area (Å²) in [6.07, 6.45) is 2.64. The summed E-state index contributed by atoms with van der Waals surface area (Å²) in [7, 11) is 1.65. The summed E-state index contributed by atoms with van der Waals surface area (Å²) in [5, 5.41) is 9.09. The molecule has 1 aromatic rings. The number of likely N-dealkylation sites (tertiary alicyclic amines) is 1. The largest absolute Gasteiger partial charge is 0.497 e. The number of methoxy groups -OCH3 is 1. The fraction of sp³-hybridized carbons (Fsp3) is 0.500. The maximum absolute atomic E-state index is 11.0. The molecule has 1 fully saturated rings. The number of benzene rings is 1. The predicted molar refractivity (Wildman–Crippen MR) is 68.9 cm³/mol. The fourth-order valence-electron chi connectivity index (χ4n) is 2.44. The van der Waals surface area contributed by atoms with Crippen molar-refractivity contribution < 1.29 is 14.6 Å². The molecule has 18 heavy (non-hydrogen) atoms. The van der Waals surface area contributed by atoms with E-state index in [9.17, 15) is 4.79 Å². The van der Waals surface area contributed by atoms with E-state index in [0.717, 1.165) is 38.1 Å². The Hall–Kier alpha value is -1.55. The molecule has 0 spiro atoms. The van der Waals surface area contributed by atoms with Gasteiger partial charge in [0.05, 0.1) is 7.11 Å². The van der Waals surface area contributed by atoms with E-state index in [1.807, 2.05) is 24.3 Å². The van der Waals surface area contributed by atoms with E-state index < -0.39 is 5.97 Å². The summed E-state index contributed by atoms with van der Waals surface area (Å²) in [4.78, 5) is 13.1. The number of rotatable bonds is 5. The van der Waals surface area contributed by atoms with Crippen LogP contribution in [0.25, 0.3) is 0 Å². The lowest BCUT2D eigenvalue weighted by Gasteiger charge is -2.20. The normalized spacial score (nSPS) is 19.9. The molecule has 1 saturated heterocycles. The van der Waals surface area contributed by atoms with E-state index in [1.165, 1.54) is 5.56 Å². The SMILES string of the molecule is COc1ccc(CCN2CCC[C@H]2C(=O)O)cc1. The van der Waals surface area contributed by atoms with E-state index in [-0.39, 0.29) is 6.04 Å². The van der Waals surface area contributed by atoms with Gasteiger partial charge in [-0.05, 0) is 43.5 Å². The fourth-order valence-corrected chi connectivity index (χ4v) is 2.44. The minimum atomic E-state index is -0.692. The van der Waals surface area contributed by atoms with Crippen LogP contribution in [0.3, 0.4) is 0 Å². The molecule has 0 saturated carbocycles. The minimum Gasteiger partial charge on any atom is -0.497 e. The number of aliphatic carboxylic acids is 1. The van der Waals surface area contributed by atoms with E-state index in [0.29, 0.717) is 0 Å². The molecule has 1 aliphatic heterocycles. The van der Waals surface area contributed by atoms with Gasteiger partial charge in [-0.3, -0.25) is 9.69 Å². The molecule has 1 aliphatic rings. The molecule has 0 amide bonds. The van der Waals surface area contributed by atoms with Crippen LogP contribution in [-0.4, -0.2) is 42.2 Å².